The van der Waals surface area contributed by atoms with Gasteiger partial charge in [-0.15, -0.1) is 5.10 Å². The number of hydrogen-bond acceptors (Lipinski definition) is 10. The molecule has 0 spiro atoms. The van der Waals surface area contributed by atoms with Crippen LogP contribution < -0.4 is 5.32 Å². The molecular formula is C25H28N10O3. The number of ether oxygens (including phenoxy) is 1. The molecule has 1 aliphatic rings. The molecule has 38 heavy (non-hydrogen) atoms. The standard InChI is InChI=1S/C25H28N10O3/c1-4-38-25(37)33-6-5-21(22(36)14-33)34-13-20(31-32-34)18-12-27-23(8-19(18)30-15(2)3)35-24-17(11-29-35)7-16(9-26)10-28-24/h7-8,10-13,15,21-22,36H,4-6,14H2,1-3H3,(H,27,30)/t21-,22-/m1/s1. The van der Waals surface area contributed by atoms with Crippen LogP contribution in [0.25, 0.3) is 28.1 Å². The first-order chi connectivity index (χ1) is 18.4. The van der Waals surface area contributed by atoms with Crippen LogP contribution in [0.3, 0.4) is 0 Å². The van der Waals surface area contributed by atoms with E-state index in [0.717, 1.165) is 16.6 Å². The van der Waals surface area contributed by atoms with E-state index < -0.39 is 12.2 Å². The predicted octanol–water partition coefficient (Wildman–Crippen LogP) is 2.53. The second-order valence-electron chi connectivity index (χ2n) is 9.34. The average molecular weight is 517 g/mol. The number of aliphatic hydroxyl groups excluding tert-OH is 1. The van der Waals surface area contributed by atoms with Crippen molar-refractivity contribution in [3.63, 3.8) is 0 Å². The lowest BCUT2D eigenvalue weighted by Crippen LogP contribution is -2.47. The summed E-state index contributed by atoms with van der Waals surface area (Å²) in [4.78, 5) is 22.5. The van der Waals surface area contributed by atoms with Gasteiger partial charge in [-0.1, -0.05) is 5.21 Å². The topological polar surface area (TPSA) is 160 Å². The second kappa shape index (κ2) is 10.4. The Morgan fingerprint density at radius 1 is 1.29 bits per heavy atom. The lowest BCUT2D eigenvalue weighted by molar-refractivity contribution is 0.0168. The van der Waals surface area contributed by atoms with E-state index in [1.165, 1.54) is 11.1 Å². The van der Waals surface area contributed by atoms with Crippen LogP contribution in [0.15, 0.2) is 36.9 Å². The van der Waals surface area contributed by atoms with E-state index in [2.05, 4.69) is 36.8 Å². The molecule has 4 aromatic heterocycles. The number of piperidine rings is 1. The van der Waals surface area contributed by atoms with Gasteiger partial charge in [-0.25, -0.2) is 19.4 Å². The summed E-state index contributed by atoms with van der Waals surface area (Å²) < 4.78 is 8.32. The van der Waals surface area contributed by atoms with E-state index in [0.29, 0.717) is 35.7 Å². The summed E-state index contributed by atoms with van der Waals surface area (Å²) in [5.41, 5.74) is 3.17. The van der Waals surface area contributed by atoms with Gasteiger partial charge in [-0.3, -0.25) is 0 Å². The summed E-state index contributed by atoms with van der Waals surface area (Å²) in [7, 11) is 0. The SMILES string of the molecule is CCOC(=O)N1CC[C@@H](n2cc(-c3cnc(-n4ncc5cc(C#N)cnc54)cc3NC(C)C)nn2)[C@H](O)C1. The van der Waals surface area contributed by atoms with Crippen molar-refractivity contribution in [2.45, 2.75) is 45.4 Å². The zero-order chi connectivity index (χ0) is 26.8. The van der Waals surface area contributed by atoms with Crippen LogP contribution in [-0.4, -0.2) is 82.7 Å². The highest BCUT2D eigenvalue weighted by Gasteiger charge is 2.33. The van der Waals surface area contributed by atoms with E-state index >= 15 is 0 Å². The number of pyridine rings is 2. The fraction of sp³-hybridized carbons (Fsp3) is 0.400. The van der Waals surface area contributed by atoms with Crippen LogP contribution >= 0.6 is 0 Å². The van der Waals surface area contributed by atoms with Crippen LogP contribution in [0.2, 0.25) is 0 Å². The molecule has 196 valence electrons. The summed E-state index contributed by atoms with van der Waals surface area (Å²) in [5.74, 6) is 0.554. The quantitative estimate of drug-likeness (QED) is 0.390. The molecule has 0 aliphatic carbocycles. The fourth-order valence-electron chi connectivity index (χ4n) is 4.52. The van der Waals surface area contributed by atoms with Crippen molar-refractivity contribution >= 4 is 22.8 Å². The monoisotopic (exact) mass is 516 g/mol. The first kappa shape index (κ1) is 25.1. The van der Waals surface area contributed by atoms with Crippen LogP contribution in [0, 0.1) is 11.3 Å². The summed E-state index contributed by atoms with van der Waals surface area (Å²) in [5, 5.41) is 37.1. The lowest BCUT2D eigenvalue weighted by atomic mass is 10.0. The molecular weight excluding hydrogens is 488 g/mol. The number of rotatable bonds is 6. The van der Waals surface area contributed by atoms with Crippen molar-refractivity contribution in [3.05, 3.63) is 42.5 Å². The van der Waals surface area contributed by atoms with Gasteiger partial charge < -0.3 is 20.1 Å². The van der Waals surface area contributed by atoms with Crippen LogP contribution in [0.1, 0.15) is 38.8 Å². The molecule has 5 rings (SSSR count). The highest BCUT2D eigenvalue weighted by Crippen LogP contribution is 2.31. The first-order valence-electron chi connectivity index (χ1n) is 12.4. The number of aliphatic hydroxyl groups is 1. The average Bonchev–Trinajstić information content (AvgIpc) is 3.55. The minimum atomic E-state index is -0.807. The Labute approximate surface area is 218 Å². The van der Waals surface area contributed by atoms with Gasteiger partial charge in [0.1, 0.15) is 11.8 Å². The number of carbonyl (C=O) groups excluding carboxylic acids is 1. The van der Waals surface area contributed by atoms with Crippen molar-refractivity contribution < 1.29 is 14.6 Å². The minimum absolute atomic E-state index is 0.124. The summed E-state index contributed by atoms with van der Waals surface area (Å²) in [6, 6.07) is 5.49. The number of amides is 1. The van der Waals surface area contributed by atoms with Gasteiger partial charge >= 0.3 is 6.09 Å². The van der Waals surface area contributed by atoms with Crippen molar-refractivity contribution in [2.24, 2.45) is 0 Å². The molecule has 2 N–H and O–H groups in total. The summed E-state index contributed by atoms with van der Waals surface area (Å²) >= 11 is 0. The van der Waals surface area contributed by atoms with Gasteiger partial charge in [0.2, 0.25) is 0 Å². The van der Waals surface area contributed by atoms with Crippen LogP contribution in [0.5, 0.6) is 0 Å². The maximum Gasteiger partial charge on any atom is 0.409 e. The number of hydrogen-bond donors (Lipinski definition) is 2. The van der Waals surface area contributed by atoms with E-state index in [9.17, 15) is 9.90 Å². The Morgan fingerprint density at radius 2 is 2.13 bits per heavy atom. The highest BCUT2D eigenvalue weighted by atomic mass is 16.6. The zero-order valence-electron chi connectivity index (χ0n) is 21.3. The number of carbonyl (C=O) groups is 1. The molecule has 13 heteroatoms. The number of likely N-dealkylation sites (tertiary alicyclic amines) is 1. The molecule has 1 fully saturated rings. The first-order valence-corrected chi connectivity index (χ1v) is 12.4. The molecule has 13 nitrogen and oxygen atoms in total. The molecule has 0 saturated carbocycles. The van der Waals surface area contributed by atoms with Crippen molar-refractivity contribution in [3.8, 4) is 23.1 Å². The van der Waals surface area contributed by atoms with Gasteiger partial charge in [-0.05, 0) is 33.3 Å². The van der Waals surface area contributed by atoms with Crippen molar-refractivity contribution in [1.29, 1.82) is 5.26 Å². The summed E-state index contributed by atoms with van der Waals surface area (Å²) in [6.45, 7) is 6.72. The van der Waals surface area contributed by atoms with Gasteiger partial charge in [0, 0.05) is 47.7 Å². The van der Waals surface area contributed by atoms with E-state index in [-0.39, 0.29) is 25.2 Å². The molecule has 1 saturated heterocycles. The van der Waals surface area contributed by atoms with E-state index in [1.807, 2.05) is 19.9 Å². The molecule has 1 amide bonds. The third-order valence-corrected chi connectivity index (χ3v) is 6.29. The van der Waals surface area contributed by atoms with Gasteiger partial charge in [-0.2, -0.15) is 15.0 Å². The number of fused-ring (bicyclic) bond motifs is 1. The molecule has 0 aromatic carbocycles. The number of aromatic nitrogens is 7. The largest absolute Gasteiger partial charge is 0.450 e. The Bertz CT molecular complexity index is 1500. The number of anilines is 1. The maximum absolute atomic E-state index is 12.0. The third kappa shape index (κ3) is 4.85. The number of nitriles is 1. The molecule has 5 heterocycles. The zero-order valence-corrected chi connectivity index (χ0v) is 21.3. The molecule has 4 aromatic rings. The Hall–Kier alpha value is -4.57. The fourth-order valence-corrected chi connectivity index (χ4v) is 4.52. The molecule has 0 bridgehead atoms. The Balaban J connectivity index is 1.43. The highest BCUT2D eigenvalue weighted by molar-refractivity contribution is 5.79. The molecule has 2 atom stereocenters. The van der Waals surface area contributed by atoms with E-state index in [1.54, 1.807) is 40.9 Å². The predicted molar refractivity (Wildman–Crippen MR) is 137 cm³/mol. The van der Waals surface area contributed by atoms with Crippen LogP contribution in [0.4, 0.5) is 10.5 Å². The number of β-amino-alcohol motifs (C(OH)–C–C–N with tert-alkyl or cyclic N) is 1. The molecule has 1 aliphatic heterocycles. The van der Waals surface area contributed by atoms with Gasteiger partial charge in [0.25, 0.3) is 0 Å². The van der Waals surface area contributed by atoms with Gasteiger partial charge in [0.15, 0.2) is 11.5 Å². The Morgan fingerprint density at radius 3 is 2.87 bits per heavy atom. The van der Waals surface area contributed by atoms with Gasteiger partial charge in [0.05, 0.1) is 43.3 Å². The third-order valence-electron chi connectivity index (χ3n) is 6.29. The smallest absolute Gasteiger partial charge is 0.409 e. The normalized spacial score (nSPS) is 17.5. The molecule has 0 unspecified atom stereocenters. The molecule has 0 radical (unpaired) electrons. The minimum Gasteiger partial charge on any atom is -0.450 e. The number of nitrogens with one attached hydrogen (secondary N) is 1. The Kier molecular flexibility index (Phi) is 6.89. The van der Waals surface area contributed by atoms with Crippen LogP contribution in [-0.2, 0) is 4.74 Å². The second-order valence-corrected chi connectivity index (χ2v) is 9.34. The van der Waals surface area contributed by atoms with Crippen molar-refractivity contribution in [1.82, 2.24) is 39.6 Å². The van der Waals surface area contributed by atoms with E-state index in [4.69, 9.17) is 10.00 Å². The summed E-state index contributed by atoms with van der Waals surface area (Å²) in [6.07, 6.45) is 5.92. The lowest BCUT2D eigenvalue weighted by Gasteiger charge is -2.34. The number of nitrogens with zero attached hydrogens (tertiary/aromatic N) is 9. The maximum atomic E-state index is 12.0. The van der Waals surface area contributed by atoms with Crippen molar-refractivity contribution in [2.75, 3.05) is 25.0 Å².